The molecule has 1 aromatic carbocycles. The molecule has 1 heteroatoms. The first-order valence-corrected chi connectivity index (χ1v) is 5.96. The van der Waals surface area contributed by atoms with Gasteiger partial charge in [-0.2, -0.15) is 0 Å². The van der Waals surface area contributed by atoms with Crippen LogP contribution < -0.4 is 0 Å². The van der Waals surface area contributed by atoms with Gasteiger partial charge in [0.25, 0.3) is 0 Å². The van der Waals surface area contributed by atoms with E-state index >= 15 is 0 Å². The summed E-state index contributed by atoms with van der Waals surface area (Å²) in [5, 5.41) is 0. The Hall–Kier alpha value is -1.37. The third-order valence-electron chi connectivity index (χ3n) is 3.19. The van der Waals surface area contributed by atoms with Crippen LogP contribution >= 0.6 is 0 Å². The summed E-state index contributed by atoms with van der Waals surface area (Å²) in [6.45, 7) is 3.92. The second-order valence-electron chi connectivity index (χ2n) is 4.80. The summed E-state index contributed by atoms with van der Waals surface area (Å²) in [6.07, 6.45) is 5.51. The molecule has 0 heterocycles. The minimum atomic E-state index is 0.155. The average Bonchev–Trinajstić information content (AvgIpc) is 2.14. The maximum Gasteiger partial charge on any atom is 0.186 e. The van der Waals surface area contributed by atoms with Gasteiger partial charge in [-0.15, -0.1) is 0 Å². The van der Waals surface area contributed by atoms with Crippen molar-refractivity contribution in [1.82, 2.24) is 0 Å². The van der Waals surface area contributed by atoms with Gasteiger partial charge in [-0.25, -0.2) is 0 Å². The van der Waals surface area contributed by atoms with Gasteiger partial charge in [-0.05, 0) is 44.2 Å². The third kappa shape index (κ3) is 2.24. The Morgan fingerprint density at radius 2 is 1.94 bits per heavy atom. The molecule has 0 N–H and O–H groups in total. The maximum absolute atomic E-state index is 12.0. The second kappa shape index (κ2) is 4.65. The Balaban J connectivity index is 2.32. The Bertz CT molecular complexity index is 421. The summed E-state index contributed by atoms with van der Waals surface area (Å²) in [4.78, 5) is 12.0. The molecule has 1 saturated carbocycles. The van der Waals surface area contributed by atoms with Crippen LogP contribution in [0.15, 0.2) is 35.9 Å². The van der Waals surface area contributed by atoms with E-state index in [0.29, 0.717) is 5.92 Å². The highest BCUT2D eigenvalue weighted by molar-refractivity contribution is 6.06. The smallest absolute Gasteiger partial charge is 0.186 e. The lowest BCUT2D eigenvalue weighted by Gasteiger charge is -2.27. The monoisotopic (exact) mass is 214 g/mol. The number of rotatable bonds is 3. The Morgan fingerprint density at radius 1 is 1.25 bits per heavy atom. The van der Waals surface area contributed by atoms with Gasteiger partial charge in [0, 0.05) is 5.56 Å². The molecule has 0 atom stereocenters. The molecule has 0 radical (unpaired) electrons. The molecule has 16 heavy (non-hydrogen) atoms. The fourth-order valence-corrected chi connectivity index (χ4v) is 2.14. The van der Waals surface area contributed by atoms with Gasteiger partial charge in [0.2, 0.25) is 0 Å². The normalized spacial score (nSPS) is 15.4. The van der Waals surface area contributed by atoms with Crippen LogP contribution in [0.1, 0.15) is 54.9 Å². The number of hydrogen-bond donors (Lipinski definition) is 0. The number of ketones is 1. The summed E-state index contributed by atoms with van der Waals surface area (Å²) in [7, 11) is 0. The van der Waals surface area contributed by atoms with E-state index in [1.54, 1.807) is 6.08 Å². The number of carbonyl (C=O) groups is 1. The minimum Gasteiger partial charge on any atom is -0.289 e. The molecule has 1 aliphatic rings. The highest BCUT2D eigenvalue weighted by Crippen LogP contribution is 2.38. The van der Waals surface area contributed by atoms with Crippen LogP contribution in [0, 0.1) is 0 Å². The van der Waals surface area contributed by atoms with Gasteiger partial charge in [-0.1, -0.05) is 36.3 Å². The van der Waals surface area contributed by atoms with Crippen LogP contribution in [-0.4, -0.2) is 5.78 Å². The summed E-state index contributed by atoms with van der Waals surface area (Å²) in [6, 6.07) is 8.05. The van der Waals surface area contributed by atoms with Gasteiger partial charge in [0.15, 0.2) is 5.78 Å². The maximum atomic E-state index is 12.0. The van der Waals surface area contributed by atoms with E-state index in [1.807, 2.05) is 32.0 Å². The quantitative estimate of drug-likeness (QED) is 0.547. The van der Waals surface area contributed by atoms with Crippen LogP contribution in [0.5, 0.6) is 0 Å². The fraction of sp³-hybridized carbons (Fsp3) is 0.400. The molecule has 0 aliphatic heterocycles. The highest BCUT2D eigenvalue weighted by atomic mass is 16.1. The number of carbonyl (C=O) groups excluding carboxylic acids is 1. The van der Waals surface area contributed by atoms with Crippen LogP contribution in [0.4, 0.5) is 0 Å². The molecule has 2 rings (SSSR count). The van der Waals surface area contributed by atoms with Crippen LogP contribution in [-0.2, 0) is 0 Å². The average molecular weight is 214 g/mol. The predicted octanol–water partition coefficient (Wildman–Crippen LogP) is 4.10. The lowest BCUT2D eigenvalue weighted by Crippen LogP contribution is -2.13. The Labute approximate surface area is 97.2 Å². The van der Waals surface area contributed by atoms with Crippen molar-refractivity contribution in [1.29, 1.82) is 0 Å². The van der Waals surface area contributed by atoms with Crippen molar-refractivity contribution < 1.29 is 4.79 Å². The standard InChI is InChI=1S/C15H18O/c1-11(2)10-15(16)14-9-4-3-8-13(14)12-6-5-7-12/h3-4,8-10,12H,5-7H2,1-2H3. The van der Waals surface area contributed by atoms with Crippen molar-refractivity contribution in [2.45, 2.75) is 39.0 Å². The van der Waals surface area contributed by atoms with E-state index in [9.17, 15) is 4.79 Å². The Kier molecular flexibility index (Phi) is 3.23. The van der Waals surface area contributed by atoms with Gasteiger partial charge in [-0.3, -0.25) is 4.79 Å². The van der Waals surface area contributed by atoms with Gasteiger partial charge >= 0.3 is 0 Å². The van der Waals surface area contributed by atoms with Gasteiger partial charge < -0.3 is 0 Å². The second-order valence-corrected chi connectivity index (χ2v) is 4.80. The molecule has 84 valence electrons. The topological polar surface area (TPSA) is 17.1 Å². The minimum absolute atomic E-state index is 0.155. The zero-order valence-corrected chi connectivity index (χ0v) is 9.99. The molecule has 0 amide bonds. The molecular formula is C15H18O. The van der Waals surface area contributed by atoms with Gasteiger partial charge in [0.1, 0.15) is 0 Å². The van der Waals surface area contributed by atoms with E-state index in [-0.39, 0.29) is 5.78 Å². The lowest BCUT2D eigenvalue weighted by molar-refractivity contribution is 0.104. The van der Waals surface area contributed by atoms with E-state index in [0.717, 1.165) is 11.1 Å². The molecular weight excluding hydrogens is 196 g/mol. The summed E-state index contributed by atoms with van der Waals surface area (Å²) in [5.41, 5.74) is 3.21. The molecule has 1 aliphatic carbocycles. The van der Waals surface area contributed by atoms with E-state index in [1.165, 1.54) is 24.8 Å². The van der Waals surface area contributed by atoms with E-state index in [4.69, 9.17) is 0 Å². The molecule has 1 fully saturated rings. The molecule has 0 unspecified atom stereocenters. The first kappa shape index (κ1) is 11.1. The molecule has 0 saturated heterocycles. The summed E-state index contributed by atoms with van der Waals surface area (Å²) < 4.78 is 0. The zero-order valence-electron chi connectivity index (χ0n) is 9.99. The van der Waals surface area contributed by atoms with Crippen LogP contribution in [0.2, 0.25) is 0 Å². The van der Waals surface area contributed by atoms with Crippen molar-refractivity contribution in [3.05, 3.63) is 47.0 Å². The van der Waals surface area contributed by atoms with E-state index < -0.39 is 0 Å². The van der Waals surface area contributed by atoms with Crippen molar-refractivity contribution >= 4 is 5.78 Å². The largest absolute Gasteiger partial charge is 0.289 e. The number of hydrogen-bond acceptors (Lipinski definition) is 1. The highest BCUT2D eigenvalue weighted by Gasteiger charge is 2.23. The fourth-order valence-electron chi connectivity index (χ4n) is 2.14. The first-order valence-electron chi connectivity index (χ1n) is 5.96. The van der Waals surface area contributed by atoms with Gasteiger partial charge in [0.05, 0.1) is 0 Å². The zero-order chi connectivity index (χ0) is 11.5. The van der Waals surface area contributed by atoms with Crippen molar-refractivity contribution in [3.8, 4) is 0 Å². The lowest BCUT2D eigenvalue weighted by atomic mass is 9.77. The van der Waals surface area contributed by atoms with Crippen molar-refractivity contribution in [2.75, 3.05) is 0 Å². The summed E-state index contributed by atoms with van der Waals surface area (Å²) in [5.74, 6) is 0.771. The first-order chi connectivity index (χ1) is 7.68. The van der Waals surface area contributed by atoms with Crippen molar-refractivity contribution in [2.24, 2.45) is 0 Å². The van der Waals surface area contributed by atoms with Crippen LogP contribution in [0.3, 0.4) is 0 Å². The molecule has 1 nitrogen and oxygen atoms in total. The number of allylic oxidation sites excluding steroid dienone is 2. The Morgan fingerprint density at radius 3 is 2.50 bits per heavy atom. The molecule has 0 bridgehead atoms. The predicted molar refractivity (Wildman–Crippen MR) is 66.8 cm³/mol. The van der Waals surface area contributed by atoms with E-state index in [2.05, 4.69) is 6.07 Å². The summed E-state index contributed by atoms with van der Waals surface area (Å²) >= 11 is 0. The molecule has 0 spiro atoms. The molecule has 0 aromatic heterocycles. The molecule has 1 aromatic rings. The SMILES string of the molecule is CC(C)=CC(=O)c1ccccc1C1CCC1. The van der Waals surface area contributed by atoms with Crippen LogP contribution in [0.25, 0.3) is 0 Å². The third-order valence-corrected chi connectivity index (χ3v) is 3.19. The van der Waals surface area contributed by atoms with Crippen molar-refractivity contribution in [3.63, 3.8) is 0 Å². The number of benzene rings is 1.